The Morgan fingerprint density at radius 2 is 2.21 bits per heavy atom. The number of rotatable bonds is 6. The van der Waals surface area contributed by atoms with Gasteiger partial charge in [0.05, 0.1) is 6.20 Å². The summed E-state index contributed by atoms with van der Waals surface area (Å²) in [6.07, 6.45) is 4.28. The fourth-order valence-corrected chi connectivity index (χ4v) is 1.80. The van der Waals surface area contributed by atoms with Gasteiger partial charge in [0.2, 0.25) is 0 Å². The maximum atomic E-state index is 13.8. The van der Waals surface area contributed by atoms with Crippen LogP contribution in [-0.4, -0.2) is 16.3 Å². The molecule has 0 aliphatic carbocycles. The third-order valence-electron chi connectivity index (χ3n) is 2.83. The van der Waals surface area contributed by atoms with Gasteiger partial charge in [0, 0.05) is 18.3 Å². The summed E-state index contributed by atoms with van der Waals surface area (Å²) in [6.45, 7) is 3.64. The zero-order chi connectivity index (χ0) is 13.7. The second-order valence-corrected chi connectivity index (χ2v) is 4.30. The molecule has 19 heavy (non-hydrogen) atoms. The fourth-order valence-electron chi connectivity index (χ4n) is 1.80. The largest absolute Gasteiger partial charge is 0.486 e. The Labute approximate surface area is 112 Å². The van der Waals surface area contributed by atoms with Crippen LogP contribution in [0.25, 0.3) is 0 Å². The molecule has 1 heterocycles. The van der Waals surface area contributed by atoms with Crippen molar-refractivity contribution < 1.29 is 9.13 Å². The first-order chi connectivity index (χ1) is 9.22. The molecule has 0 spiro atoms. The monoisotopic (exact) mass is 263 g/mol. The van der Waals surface area contributed by atoms with Crippen LogP contribution in [0.15, 0.2) is 30.6 Å². The second kappa shape index (κ2) is 6.33. The first kappa shape index (κ1) is 13.5. The molecule has 5 heteroatoms. The van der Waals surface area contributed by atoms with Crippen LogP contribution in [-0.2, 0) is 19.6 Å². The number of aromatic nitrogens is 2. The second-order valence-electron chi connectivity index (χ2n) is 4.30. The smallest absolute Gasteiger partial charge is 0.165 e. The third-order valence-corrected chi connectivity index (χ3v) is 2.83. The van der Waals surface area contributed by atoms with E-state index in [1.807, 2.05) is 19.2 Å². The van der Waals surface area contributed by atoms with Gasteiger partial charge in [-0.15, -0.1) is 0 Å². The van der Waals surface area contributed by atoms with Gasteiger partial charge in [-0.05, 0) is 37.6 Å². The number of hydrogen-bond acceptors (Lipinski definition) is 3. The van der Waals surface area contributed by atoms with Crippen molar-refractivity contribution in [1.29, 1.82) is 0 Å². The number of benzene rings is 1. The van der Waals surface area contributed by atoms with Crippen molar-refractivity contribution in [2.24, 2.45) is 5.73 Å². The number of nitrogens with two attached hydrogens (primary N) is 1. The van der Waals surface area contributed by atoms with Crippen molar-refractivity contribution in [3.05, 3.63) is 47.5 Å². The summed E-state index contributed by atoms with van der Waals surface area (Å²) in [6, 6.07) is 4.95. The summed E-state index contributed by atoms with van der Waals surface area (Å²) in [5, 5.41) is 4.14. The Balaban J connectivity index is 1.99. The lowest BCUT2D eigenvalue weighted by molar-refractivity contribution is 0.290. The fraction of sp³-hybridized carbons (Fsp3) is 0.357. The Hall–Kier alpha value is -1.88. The third kappa shape index (κ3) is 3.54. The highest BCUT2D eigenvalue weighted by Gasteiger charge is 2.06. The molecular weight excluding hydrogens is 245 g/mol. The Kier molecular flexibility index (Phi) is 4.52. The van der Waals surface area contributed by atoms with Gasteiger partial charge in [0.15, 0.2) is 11.6 Å². The summed E-state index contributed by atoms with van der Waals surface area (Å²) in [4.78, 5) is 0. The average Bonchev–Trinajstić information content (AvgIpc) is 2.86. The van der Waals surface area contributed by atoms with Gasteiger partial charge in [-0.2, -0.15) is 5.10 Å². The van der Waals surface area contributed by atoms with Gasteiger partial charge in [0.25, 0.3) is 0 Å². The average molecular weight is 263 g/mol. The normalized spacial score (nSPS) is 10.7. The zero-order valence-electron chi connectivity index (χ0n) is 11.0. The summed E-state index contributed by atoms with van der Waals surface area (Å²) in [7, 11) is 0. The van der Waals surface area contributed by atoms with Crippen molar-refractivity contribution in [3.8, 4) is 5.75 Å². The molecule has 0 amide bonds. The minimum absolute atomic E-state index is 0.255. The molecule has 0 saturated carbocycles. The summed E-state index contributed by atoms with van der Waals surface area (Å²) in [5.74, 6) is -0.0983. The first-order valence-corrected chi connectivity index (χ1v) is 6.35. The first-order valence-electron chi connectivity index (χ1n) is 6.35. The van der Waals surface area contributed by atoms with Crippen molar-refractivity contribution in [3.63, 3.8) is 0 Å². The van der Waals surface area contributed by atoms with Crippen molar-refractivity contribution in [2.75, 3.05) is 6.54 Å². The van der Waals surface area contributed by atoms with Gasteiger partial charge < -0.3 is 10.5 Å². The predicted molar refractivity (Wildman–Crippen MR) is 71.4 cm³/mol. The molecular formula is C14H18FN3O. The molecule has 2 aromatic rings. The Morgan fingerprint density at radius 3 is 2.84 bits per heavy atom. The maximum absolute atomic E-state index is 13.8. The van der Waals surface area contributed by atoms with Crippen LogP contribution in [0, 0.1) is 5.82 Å². The zero-order valence-corrected chi connectivity index (χ0v) is 11.0. The molecule has 0 radical (unpaired) electrons. The molecule has 1 aromatic carbocycles. The van der Waals surface area contributed by atoms with E-state index in [9.17, 15) is 4.39 Å². The van der Waals surface area contributed by atoms with E-state index in [1.165, 1.54) is 6.07 Å². The van der Waals surface area contributed by atoms with E-state index in [-0.39, 0.29) is 11.6 Å². The van der Waals surface area contributed by atoms with Gasteiger partial charge >= 0.3 is 0 Å². The van der Waals surface area contributed by atoms with E-state index in [2.05, 4.69) is 5.10 Å². The van der Waals surface area contributed by atoms with Crippen LogP contribution in [0.2, 0.25) is 0 Å². The Morgan fingerprint density at radius 1 is 1.37 bits per heavy atom. The van der Waals surface area contributed by atoms with Crippen molar-refractivity contribution >= 4 is 0 Å². The predicted octanol–water partition coefficient (Wildman–Crippen LogP) is 2.12. The van der Waals surface area contributed by atoms with Gasteiger partial charge in [-0.3, -0.25) is 4.68 Å². The Bertz CT molecular complexity index is 539. The van der Waals surface area contributed by atoms with Gasteiger partial charge in [-0.25, -0.2) is 4.39 Å². The lowest BCUT2D eigenvalue weighted by Crippen LogP contribution is -2.03. The molecule has 1 aromatic heterocycles. The minimum Gasteiger partial charge on any atom is -0.486 e. The molecule has 0 bridgehead atoms. The van der Waals surface area contributed by atoms with E-state index in [0.717, 1.165) is 17.7 Å². The number of nitrogens with zero attached hydrogens (tertiary/aromatic N) is 2. The molecule has 0 saturated heterocycles. The molecule has 2 rings (SSSR count). The highest BCUT2D eigenvalue weighted by Crippen LogP contribution is 2.19. The molecule has 0 atom stereocenters. The lowest BCUT2D eigenvalue weighted by atomic mass is 10.1. The molecule has 2 N–H and O–H groups in total. The molecule has 0 aliphatic heterocycles. The van der Waals surface area contributed by atoms with Crippen LogP contribution < -0.4 is 10.5 Å². The van der Waals surface area contributed by atoms with Crippen molar-refractivity contribution in [2.45, 2.75) is 26.5 Å². The highest BCUT2D eigenvalue weighted by molar-refractivity contribution is 5.29. The van der Waals surface area contributed by atoms with Crippen LogP contribution in [0.4, 0.5) is 4.39 Å². The molecule has 4 nitrogen and oxygen atoms in total. The van der Waals surface area contributed by atoms with E-state index >= 15 is 0 Å². The summed E-state index contributed by atoms with van der Waals surface area (Å²) >= 11 is 0. The lowest BCUT2D eigenvalue weighted by Gasteiger charge is -2.07. The molecule has 0 aliphatic rings. The highest BCUT2D eigenvalue weighted by atomic mass is 19.1. The standard InChI is InChI=1S/C14H18FN3O/c1-2-18-9-12(8-17-18)10-19-14-4-3-11(5-6-16)7-13(14)15/h3-4,7-9H,2,5-6,10,16H2,1H3. The van der Waals surface area contributed by atoms with Crippen LogP contribution >= 0.6 is 0 Å². The molecule has 0 unspecified atom stereocenters. The molecule has 102 valence electrons. The number of hydrogen-bond donors (Lipinski definition) is 1. The number of halogens is 1. The van der Waals surface area contributed by atoms with Crippen LogP contribution in [0.5, 0.6) is 5.75 Å². The van der Waals surface area contributed by atoms with E-state index in [1.54, 1.807) is 16.9 Å². The summed E-state index contributed by atoms with van der Waals surface area (Å²) < 4.78 is 21.0. The van der Waals surface area contributed by atoms with E-state index < -0.39 is 0 Å². The maximum Gasteiger partial charge on any atom is 0.165 e. The quantitative estimate of drug-likeness (QED) is 0.868. The van der Waals surface area contributed by atoms with Crippen LogP contribution in [0.1, 0.15) is 18.1 Å². The van der Waals surface area contributed by atoms with Crippen LogP contribution in [0.3, 0.4) is 0 Å². The summed E-state index contributed by atoms with van der Waals surface area (Å²) in [5.41, 5.74) is 7.24. The topological polar surface area (TPSA) is 53.1 Å². The SMILES string of the molecule is CCn1cc(COc2ccc(CCN)cc2F)cn1. The van der Waals surface area contributed by atoms with E-state index in [4.69, 9.17) is 10.5 Å². The van der Waals surface area contributed by atoms with Gasteiger partial charge in [0.1, 0.15) is 6.61 Å². The number of aryl methyl sites for hydroxylation is 1. The van der Waals surface area contributed by atoms with Gasteiger partial charge in [-0.1, -0.05) is 6.07 Å². The molecule has 0 fully saturated rings. The number of ether oxygens (including phenoxy) is 1. The minimum atomic E-state index is -0.353. The van der Waals surface area contributed by atoms with E-state index in [0.29, 0.717) is 19.6 Å². The van der Waals surface area contributed by atoms with Crippen molar-refractivity contribution in [1.82, 2.24) is 9.78 Å².